The van der Waals surface area contributed by atoms with Gasteiger partial charge in [-0.05, 0) is 45.9 Å². The summed E-state index contributed by atoms with van der Waals surface area (Å²) in [4.78, 5) is 12.0. The molecule has 0 amide bonds. The third kappa shape index (κ3) is 1.92. The van der Waals surface area contributed by atoms with Crippen LogP contribution in [0.5, 0.6) is 0 Å². The summed E-state index contributed by atoms with van der Waals surface area (Å²) >= 11 is 4.93. The van der Waals surface area contributed by atoms with Gasteiger partial charge in [0, 0.05) is 9.17 Å². The highest BCUT2D eigenvalue weighted by Crippen LogP contribution is 2.33. The molecule has 2 aromatic rings. The molecule has 0 unspecified atom stereocenters. The fourth-order valence-electron chi connectivity index (χ4n) is 1.45. The normalized spacial score (nSPS) is 10.6. The predicted molar refractivity (Wildman–Crippen MR) is 65.6 cm³/mol. The standard InChI is InChI=1S/C11H9BrO2S/c1-6-3-7-5-9(11(13)14-2)15-10(7)8(12)4-6/h3-5H,1-2H3. The molecule has 0 saturated carbocycles. The second-order valence-corrected chi connectivity index (χ2v) is 5.17. The van der Waals surface area contributed by atoms with Crippen LogP contribution < -0.4 is 0 Å². The first-order valence-electron chi connectivity index (χ1n) is 4.40. The summed E-state index contributed by atoms with van der Waals surface area (Å²) in [5, 5.41) is 1.08. The largest absolute Gasteiger partial charge is 0.465 e. The lowest BCUT2D eigenvalue weighted by Gasteiger charge is -1.95. The molecular weight excluding hydrogens is 276 g/mol. The fourth-order valence-corrected chi connectivity index (χ4v) is 3.25. The minimum absolute atomic E-state index is 0.277. The van der Waals surface area contributed by atoms with Crippen LogP contribution in [0.2, 0.25) is 0 Å². The van der Waals surface area contributed by atoms with Crippen LogP contribution in [-0.4, -0.2) is 13.1 Å². The van der Waals surface area contributed by atoms with Gasteiger partial charge in [-0.2, -0.15) is 0 Å². The number of carbonyl (C=O) groups is 1. The summed E-state index contributed by atoms with van der Waals surface area (Å²) in [7, 11) is 1.40. The van der Waals surface area contributed by atoms with Crippen LogP contribution in [0.3, 0.4) is 0 Å². The summed E-state index contributed by atoms with van der Waals surface area (Å²) in [5.74, 6) is -0.277. The van der Waals surface area contributed by atoms with E-state index in [1.807, 2.05) is 19.1 Å². The molecule has 15 heavy (non-hydrogen) atoms. The molecule has 0 aliphatic heterocycles. The van der Waals surface area contributed by atoms with Gasteiger partial charge in [-0.1, -0.05) is 6.07 Å². The van der Waals surface area contributed by atoms with Crippen LogP contribution >= 0.6 is 27.3 Å². The lowest BCUT2D eigenvalue weighted by molar-refractivity contribution is 0.0606. The van der Waals surface area contributed by atoms with Gasteiger partial charge < -0.3 is 4.74 Å². The summed E-state index contributed by atoms with van der Waals surface area (Å²) in [6.45, 7) is 2.03. The van der Waals surface area contributed by atoms with Crippen LogP contribution in [-0.2, 0) is 4.74 Å². The Morgan fingerprint density at radius 1 is 1.40 bits per heavy atom. The molecule has 4 heteroatoms. The molecule has 0 N–H and O–H groups in total. The van der Waals surface area contributed by atoms with E-state index in [1.54, 1.807) is 0 Å². The zero-order valence-electron chi connectivity index (χ0n) is 8.33. The Labute approximate surface area is 100.0 Å². The lowest BCUT2D eigenvalue weighted by Crippen LogP contribution is -1.96. The van der Waals surface area contributed by atoms with Crippen LogP contribution in [0.1, 0.15) is 15.2 Å². The molecule has 0 bridgehead atoms. The van der Waals surface area contributed by atoms with Gasteiger partial charge in [-0.15, -0.1) is 11.3 Å². The Kier molecular flexibility index (Phi) is 2.80. The molecular formula is C11H9BrO2S. The molecule has 0 aliphatic carbocycles. The average molecular weight is 285 g/mol. The van der Waals surface area contributed by atoms with E-state index in [2.05, 4.69) is 22.0 Å². The number of halogens is 1. The molecule has 1 aromatic heterocycles. The number of methoxy groups -OCH3 is 1. The van der Waals surface area contributed by atoms with Crippen molar-refractivity contribution in [2.45, 2.75) is 6.92 Å². The Hall–Kier alpha value is -0.870. The van der Waals surface area contributed by atoms with Gasteiger partial charge in [-0.3, -0.25) is 0 Å². The van der Waals surface area contributed by atoms with E-state index >= 15 is 0 Å². The molecule has 1 aromatic carbocycles. The fraction of sp³-hybridized carbons (Fsp3) is 0.182. The van der Waals surface area contributed by atoms with Crippen molar-refractivity contribution >= 4 is 43.3 Å². The van der Waals surface area contributed by atoms with Crippen molar-refractivity contribution in [3.8, 4) is 0 Å². The van der Waals surface area contributed by atoms with E-state index < -0.39 is 0 Å². The number of hydrogen-bond acceptors (Lipinski definition) is 3. The molecule has 78 valence electrons. The molecule has 2 rings (SSSR count). The number of ether oxygens (including phenoxy) is 1. The minimum atomic E-state index is -0.277. The van der Waals surface area contributed by atoms with Crippen molar-refractivity contribution in [1.82, 2.24) is 0 Å². The number of carbonyl (C=O) groups excluding carboxylic acids is 1. The first-order valence-corrected chi connectivity index (χ1v) is 6.01. The summed E-state index contributed by atoms with van der Waals surface area (Å²) in [6, 6.07) is 5.96. The number of benzene rings is 1. The van der Waals surface area contributed by atoms with Gasteiger partial charge in [0.2, 0.25) is 0 Å². The third-order valence-electron chi connectivity index (χ3n) is 2.10. The lowest BCUT2D eigenvalue weighted by atomic mass is 10.2. The zero-order chi connectivity index (χ0) is 11.0. The van der Waals surface area contributed by atoms with E-state index in [9.17, 15) is 4.79 Å². The highest BCUT2D eigenvalue weighted by Gasteiger charge is 2.12. The maximum absolute atomic E-state index is 11.4. The Balaban J connectivity index is 2.65. The summed E-state index contributed by atoms with van der Waals surface area (Å²) < 4.78 is 6.80. The SMILES string of the molecule is COC(=O)c1cc2cc(C)cc(Br)c2s1. The molecule has 0 aliphatic rings. The molecule has 0 fully saturated rings. The number of hydrogen-bond donors (Lipinski definition) is 0. The number of rotatable bonds is 1. The quantitative estimate of drug-likeness (QED) is 0.746. The van der Waals surface area contributed by atoms with Gasteiger partial charge in [0.15, 0.2) is 0 Å². The van der Waals surface area contributed by atoms with Crippen LogP contribution in [0.25, 0.3) is 10.1 Å². The maximum atomic E-state index is 11.4. The molecule has 1 heterocycles. The average Bonchev–Trinajstić information content (AvgIpc) is 2.60. The first-order chi connectivity index (χ1) is 7.11. The van der Waals surface area contributed by atoms with Crippen LogP contribution in [0.15, 0.2) is 22.7 Å². The molecule has 0 radical (unpaired) electrons. The molecule has 0 saturated heterocycles. The molecule has 0 spiro atoms. The van der Waals surface area contributed by atoms with Crippen molar-refractivity contribution in [2.75, 3.05) is 7.11 Å². The van der Waals surface area contributed by atoms with E-state index in [-0.39, 0.29) is 5.97 Å². The van der Waals surface area contributed by atoms with Gasteiger partial charge in [0.25, 0.3) is 0 Å². The topological polar surface area (TPSA) is 26.3 Å². The van der Waals surface area contributed by atoms with Crippen LogP contribution in [0, 0.1) is 6.92 Å². The minimum Gasteiger partial charge on any atom is -0.465 e. The second kappa shape index (κ2) is 3.94. The molecule has 2 nitrogen and oxygen atoms in total. The first kappa shape index (κ1) is 10.6. The highest BCUT2D eigenvalue weighted by atomic mass is 79.9. The van der Waals surface area contributed by atoms with Gasteiger partial charge in [-0.25, -0.2) is 4.79 Å². The summed E-state index contributed by atoms with van der Waals surface area (Å²) in [5.41, 5.74) is 1.17. The third-order valence-corrected chi connectivity index (χ3v) is 4.15. The number of esters is 1. The van der Waals surface area contributed by atoms with Crippen molar-refractivity contribution in [1.29, 1.82) is 0 Å². The van der Waals surface area contributed by atoms with E-state index in [4.69, 9.17) is 4.74 Å². The van der Waals surface area contributed by atoms with Crippen molar-refractivity contribution in [2.24, 2.45) is 0 Å². The van der Waals surface area contributed by atoms with E-state index in [0.717, 1.165) is 14.6 Å². The predicted octanol–water partition coefficient (Wildman–Crippen LogP) is 3.76. The highest BCUT2D eigenvalue weighted by molar-refractivity contribution is 9.10. The number of aryl methyl sites for hydroxylation is 1. The van der Waals surface area contributed by atoms with Gasteiger partial charge >= 0.3 is 5.97 Å². The zero-order valence-corrected chi connectivity index (χ0v) is 10.7. The Bertz CT molecular complexity index is 531. The van der Waals surface area contributed by atoms with Crippen molar-refractivity contribution < 1.29 is 9.53 Å². The monoisotopic (exact) mass is 284 g/mol. The van der Waals surface area contributed by atoms with Gasteiger partial charge in [0.05, 0.1) is 7.11 Å². The van der Waals surface area contributed by atoms with Crippen molar-refractivity contribution in [3.05, 3.63) is 33.1 Å². The van der Waals surface area contributed by atoms with E-state index in [1.165, 1.54) is 24.0 Å². The summed E-state index contributed by atoms with van der Waals surface area (Å²) in [6.07, 6.45) is 0. The Morgan fingerprint density at radius 2 is 2.13 bits per heavy atom. The molecule has 0 atom stereocenters. The Morgan fingerprint density at radius 3 is 2.80 bits per heavy atom. The van der Waals surface area contributed by atoms with Crippen molar-refractivity contribution in [3.63, 3.8) is 0 Å². The van der Waals surface area contributed by atoms with Gasteiger partial charge in [0.1, 0.15) is 4.88 Å². The maximum Gasteiger partial charge on any atom is 0.348 e. The number of fused-ring (bicyclic) bond motifs is 1. The second-order valence-electron chi connectivity index (χ2n) is 3.27. The van der Waals surface area contributed by atoms with E-state index in [0.29, 0.717) is 4.88 Å². The number of thiophene rings is 1. The smallest absolute Gasteiger partial charge is 0.348 e. The van der Waals surface area contributed by atoms with Crippen LogP contribution in [0.4, 0.5) is 0 Å².